The van der Waals surface area contributed by atoms with E-state index in [2.05, 4.69) is 22.8 Å². The molecule has 218 valence electrons. The minimum absolute atomic E-state index is 0.0494. The lowest BCUT2D eigenvalue weighted by Crippen LogP contribution is -2.48. The zero-order chi connectivity index (χ0) is 29.4. The van der Waals surface area contributed by atoms with Gasteiger partial charge >= 0.3 is 6.09 Å². The Morgan fingerprint density at radius 3 is 2.54 bits per heavy atom. The first-order chi connectivity index (χ1) is 19.7. The molecule has 0 spiro atoms. The monoisotopic (exact) mass is 577 g/mol. The molecule has 3 aromatic rings. The van der Waals surface area contributed by atoms with E-state index in [4.69, 9.17) is 16.7 Å². The largest absolute Gasteiger partial charge is 0.465 e. The number of piperidine rings is 1. The predicted octanol–water partition coefficient (Wildman–Crippen LogP) is 5.75. The standard InChI is InChI=1S/C33H40ClN3O4/c1-23-7-3-8-25(19-23)20-28-29(10-4-11-30(28)34)33(41,16-6-17-36-32(39)40)27-9-5-18-37(22-27)31(38)26-14-12-24(13-15-26)21-35-2/h3-4,7-8,10-15,19,27,35-36,41H,5-6,9,16-18,20-22H2,1-2H3,(H,39,40)/t27-,33?/m1/s1. The van der Waals surface area contributed by atoms with Crippen LogP contribution in [0, 0.1) is 12.8 Å². The minimum atomic E-state index is -1.31. The molecule has 0 aliphatic carbocycles. The molecule has 1 aliphatic rings. The number of amides is 2. The summed E-state index contributed by atoms with van der Waals surface area (Å²) in [5, 5.41) is 27.8. The van der Waals surface area contributed by atoms with Gasteiger partial charge in [0.1, 0.15) is 0 Å². The number of aliphatic hydroxyl groups is 1. The Hall–Kier alpha value is -3.39. The fraction of sp³-hybridized carbons (Fsp3) is 0.394. The summed E-state index contributed by atoms with van der Waals surface area (Å²) in [6.45, 7) is 4.02. The zero-order valence-corrected chi connectivity index (χ0v) is 24.6. The summed E-state index contributed by atoms with van der Waals surface area (Å²) in [4.78, 5) is 26.5. The molecule has 4 N–H and O–H groups in total. The second kappa shape index (κ2) is 14.0. The van der Waals surface area contributed by atoms with Crippen LogP contribution < -0.4 is 10.6 Å². The van der Waals surface area contributed by atoms with Crippen LogP contribution in [0.3, 0.4) is 0 Å². The van der Waals surface area contributed by atoms with Gasteiger partial charge in [-0.05, 0) is 86.5 Å². The molecule has 2 atom stereocenters. The highest BCUT2D eigenvalue weighted by Gasteiger charge is 2.42. The number of likely N-dealkylation sites (tertiary alicyclic amines) is 1. The van der Waals surface area contributed by atoms with Gasteiger partial charge in [-0.2, -0.15) is 0 Å². The Balaban J connectivity index is 1.65. The van der Waals surface area contributed by atoms with E-state index in [0.717, 1.165) is 47.2 Å². The Morgan fingerprint density at radius 2 is 1.83 bits per heavy atom. The van der Waals surface area contributed by atoms with E-state index in [1.54, 1.807) is 0 Å². The molecule has 0 bridgehead atoms. The van der Waals surface area contributed by atoms with E-state index in [9.17, 15) is 14.7 Å². The third kappa shape index (κ3) is 7.67. The van der Waals surface area contributed by atoms with Gasteiger partial charge in [0, 0.05) is 42.7 Å². The summed E-state index contributed by atoms with van der Waals surface area (Å²) in [5.41, 5.74) is 4.27. The Bertz CT molecular complexity index is 1350. The normalized spacial score (nSPS) is 16.7. The quantitative estimate of drug-likeness (QED) is 0.217. The predicted molar refractivity (Wildman–Crippen MR) is 162 cm³/mol. The topological polar surface area (TPSA) is 102 Å². The molecule has 41 heavy (non-hydrogen) atoms. The highest BCUT2D eigenvalue weighted by atomic mass is 35.5. The van der Waals surface area contributed by atoms with Crippen molar-refractivity contribution in [2.45, 2.75) is 51.2 Å². The van der Waals surface area contributed by atoms with Crippen LogP contribution in [0.4, 0.5) is 4.79 Å². The van der Waals surface area contributed by atoms with E-state index in [1.165, 1.54) is 0 Å². The molecule has 1 unspecified atom stereocenters. The van der Waals surface area contributed by atoms with Gasteiger partial charge in [-0.25, -0.2) is 4.79 Å². The highest BCUT2D eigenvalue weighted by molar-refractivity contribution is 6.31. The summed E-state index contributed by atoms with van der Waals surface area (Å²) in [7, 11) is 1.89. The van der Waals surface area contributed by atoms with Crippen LogP contribution >= 0.6 is 11.6 Å². The average Bonchev–Trinajstić information content (AvgIpc) is 2.96. The number of hydrogen-bond acceptors (Lipinski definition) is 4. The van der Waals surface area contributed by atoms with Crippen LogP contribution in [-0.4, -0.2) is 53.8 Å². The second-order valence-electron chi connectivity index (χ2n) is 11.0. The lowest BCUT2D eigenvalue weighted by molar-refractivity contribution is -0.0572. The number of nitrogens with one attached hydrogen (secondary N) is 2. The van der Waals surface area contributed by atoms with Crippen molar-refractivity contribution in [2.24, 2.45) is 5.92 Å². The first-order valence-corrected chi connectivity index (χ1v) is 14.6. The smallest absolute Gasteiger partial charge is 0.404 e. The van der Waals surface area contributed by atoms with Crippen molar-refractivity contribution in [1.82, 2.24) is 15.5 Å². The lowest BCUT2D eigenvalue weighted by atomic mass is 9.72. The second-order valence-corrected chi connectivity index (χ2v) is 11.4. The fourth-order valence-electron chi connectivity index (χ4n) is 5.99. The number of rotatable bonds is 11. The Morgan fingerprint density at radius 1 is 1.07 bits per heavy atom. The molecule has 1 saturated heterocycles. The third-order valence-electron chi connectivity index (χ3n) is 8.03. The number of carbonyl (C=O) groups is 2. The van der Waals surface area contributed by atoms with E-state index < -0.39 is 11.7 Å². The first-order valence-electron chi connectivity index (χ1n) is 14.3. The van der Waals surface area contributed by atoms with Crippen molar-refractivity contribution in [2.75, 3.05) is 26.7 Å². The zero-order valence-electron chi connectivity index (χ0n) is 23.8. The number of nitrogens with zero attached hydrogens (tertiary/aromatic N) is 1. The molecular formula is C33H40ClN3O4. The number of carboxylic acid groups (broad SMARTS) is 1. The summed E-state index contributed by atoms with van der Waals surface area (Å²) in [6.07, 6.45) is 1.74. The summed E-state index contributed by atoms with van der Waals surface area (Å²) < 4.78 is 0. The molecular weight excluding hydrogens is 538 g/mol. The van der Waals surface area contributed by atoms with Crippen LogP contribution in [0.25, 0.3) is 0 Å². The number of halogens is 1. The number of benzene rings is 3. The van der Waals surface area contributed by atoms with Gasteiger partial charge in [-0.15, -0.1) is 0 Å². The average molecular weight is 578 g/mol. The van der Waals surface area contributed by atoms with Crippen LogP contribution in [0.5, 0.6) is 0 Å². The molecule has 0 saturated carbocycles. The van der Waals surface area contributed by atoms with Gasteiger partial charge < -0.3 is 25.7 Å². The molecule has 2 amide bonds. The van der Waals surface area contributed by atoms with Gasteiger partial charge in [0.05, 0.1) is 5.60 Å². The fourth-order valence-corrected chi connectivity index (χ4v) is 6.23. The molecule has 3 aromatic carbocycles. The first kappa shape index (κ1) is 30.6. The van der Waals surface area contributed by atoms with Gasteiger partial charge in [-0.3, -0.25) is 4.79 Å². The van der Waals surface area contributed by atoms with Gasteiger partial charge in [0.25, 0.3) is 5.91 Å². The maximum Gasteiger partial charge on any atom is 0.404 e. The van der Waals surface area contributed by atoms with Crippen molar-refractivity contribution in [3.63, 3.8) is 0 Å². The SMILES string of the molecule is CNCc1ccc(C(=O)N2CCC[C@@H](C(O)(CCCNC(=O)O)c3cccc(Cl)c3Cc3cccc(C)c3)C2)cc1. The summed E-state index contributed by atoms with van der Waals surface area (Å²) in [5.74, 6) is -0.296. The third-order valence-corrected chi connectivity index (χ3v) is 8.38. The maximum atomic E-state index is 13.5. The molecule has 4 rings (SSSR count). The van der Waals surface area contributed by atoms with Gasteiger partial charge in [-0.1, -0.05) is 65.7 Å². The van der Waals surface area contributed by atoms with Crippen molar-refractivity contribution in [1.29, 1.82) is 0 Å². The molecule has 1 aliphatic heterocycles. The van der Waals surface area contributed by atoms with E-state index in [0.29, 0.717) is 42.9 Å². The number of aryl methyl sites for hydroxylation is 1. The molecule has 1 heterocycles. The maximum absolute atomic E-state index is 13.5. The van der Waals surface area contributed by atoms with Crippen LogP contribution in [0.15, 0.2) is 66.7 Å². The minimum Gasteiger partial charge on any atom is -0.465 e. The van der Waals surface area contributed by atoms with Crippen molar-refractivity contribution < 1.29 is 19.8 Å². The van der Waals surface area contributed by atoms with E-state index in [-0.39, 0.29) is 18.4 Å². The van der Waals surface area contributed by atoms with E-state index in [1.807, 2.05) is 73.5 Å². The van der Waals surface area contributed by atoms with Crippen LogP contribution in [-0.2, 0) is 18.6 Å². The van der Waals surface area contributed by atoms with Crippen LogP contribution in [0.2, 0.25) is 5.02 Å². The van der Waals surface area contributed by atoms with Gasteiger partial charge in [0.2, 0.25) is 0 Å². The summed E-state index contributed by atoms with van der Waals surface area (Å²) >= 11 is 6.79. The highest BCUT2D eigenvalue weighted by Crippen LogP contribution is 2.43. The van der Waals surface area contributed by atoms with Crippen LogP contribution in [0.1, 0.15) is 63.9 Å². The van der Waals surface area contributed by atoms with Gasteiger partial charge in [0.15, 0.2) is 0 Å². The Kier molecular flexibility index (Phi) is 10.4. The number of hydrogen-bond donors (Lipinski definition) is 4. The molecule has 0 aromatic heterocycles. The van der Waals surface area contributed by atoms with Crippen molar-refractivity contribution in [3.8, 4) is 0 Å². The van der Waals surface area contributed by atoms with Crippen molar-refractivity contribution in [3.05, 3.63) is 105 Å². The molecule has 7 nitrogen and oxygen atoms in total. The molecule has 0 radical (unpaired) electrons. The Labute approximate surface area is 247 Å². The lowest BCUT2D eigenvalue weighted by Gasteiger charge is -2.44. The van der Waals surface area contributed by atoms with Crippen molar-refractivity contribution >= 4 is 23.6 Å². The van der Waals surface area contributed by atoms with E-state index >= 15 is 0 Å². The summed E-state index contributed by atoms with van der Waals surface area (Å²) in [6, 6.07) is 21.5. The molecule has 8 heteroatoms. The number of carbonyl (C=O) groups excluding carboxylic acids is 1. The molecule has 1 fully saturated rings.